The third kappa shape index (κ3) is 2.32. The van der Waals surface area contributed by atoms with E-state index in [0.29, 0.717) is 5.54 Å². The van der Waals surface area contributed by atoms with Gasteiger partial charge in [-0.2, -0.15) is 0 Å². The zero-order chi connectivity index (χ0) is 12.3. The minimum absolute atomic E-state index is 0.316. The summed E-state index contributed by atoms with van der Waals surface area (Å²) in [5.74, 6) is 0. The topological polar surface area (TPSA) is 17.1 Å². The summed E-state index contributed by atoms with van der Waals surface area (Å²) in [6.07, 6.45) is 8.39. The highest BCUT2D eigenvalue weighted by molar-refractivity contribution is 6.92. The van der Waals surface area contributed by atoms with Crippen molar-refractivity contribution in [1.82, 2.24) is 0 Å². The zero-order valence-corrected chi connectivity index (χ0v) is 11.4. The minimum atomic E-state index is -1.65. The Labute approximate surface area is 104 Å². The first-order chi connectivity index (χ1) is 8.16. The predicted molar refractivity (Wildman–Crippen MR) is 75.2 cm³/mol. The highest BCUT2D eigenvalue weighted by atomic mass is 28.3. The van der Waals surface area contributed by atoms with E-state index in [1.165, 1.54) is 5.19 Å². The smallest absolute Gasteiger partial charge is 0.146 e. The molecule has 1 unspecified atom stereocenters. The number of carbonyl (C=O) groups excluding carboxylic acids is 1. The van der Waals surface area contributed by atoms with Gasteiger partial charge in [-0.25, -0.2) is 0 Å². The lowest BCUT2D eigenvalue weighted by Crippen LogP contribution is -2.46. The average Bonchev–Trinajstić information content (AvgIpc) is 2.39. The molecule has 1 aliphatic rings. The number of benzene rings is 1. The Morgan fingerprint density at radius 3 is 2.59 bits per heavy atom. The summed E-state index contributed by atoms with van der Waals surface area (Å²) in [5, 5.41) is 1.41. The standard InChI is InChI=1S/C15H18OSi/c1-17(2,14-9-4-3-5-10-14)15-11-7-6-8-13(15)12-16/h3-5,7-12,15H,6H2,1-2H3. The second kappa shape index (κ2) is 4.84. The minimum Gasteiger partial charge on any atom is -0.298 e. The molecule has 2 heteroatoms. The third-order valence-corrected chi connectivity index (χ3v) is 7.51. The lowest BCUT2D eigenvalue weighted by Gasteiger charge is -2.32. The number of allylic oxidation sites excluding steroid dienone is 4. The molecule has 0 aromatic heterocycles. The molecule has 1 aromatic carbocycles. The van der Waals surface area contributed by atoms with Crippen LogP contribution in [-0.2, 0) is 4.79 Å². The summed E-state index contributed by atoms with van der Waals surface area (Å²) in [6.45, 7) is 4.67. The summed E-state index contributed by atoms with van der Waals surface area (Å²) < 4.78 is 0. The SMILES string of the molecule is C[Si](C)(c1ccccc1)C1C=CCC=C1C=O. The van der Waals surface area contributed by atoms with Crippen molar-refractivity contribution in [3.63, 3.8) is 0 Å². The summed E-state index contributed by atoms with van der Waals surface area (Å²) in [5.41, 5.74) is 1.28. The predicted octanol–water partition coefficient (Wildman–Crippen LogP) is 3.06. The Balaban J connectivity index is 2.38. The first-order valence-electron chi connectivity index (χ1n) is 6.03. The van der Waals surface area contributed by atoms with Gasteiger partial charge in [-0.3, -0.25) is 4.79 Å². The molecule has 0 aliphatic heterocycles. The van der Waals surface area contributed by atoms with E-state index >= 15 is 0 Å². The highest BCUT2D eigenvalue weighted by Gasteiger charge is 2.34. The maximum atomic E-state index is 11.2. The van der Waals surface area contributed by atoms with E-state index < -0.39 is 8.07 Å². The van der Waals surface area contributed by atoms with E-state index in [-0.39, 0.29) is 0 Å². The molecule has 0 amide bonds. The normalized spacial score (nSPS) is 19.9. The second-order valence-corrected chi connectivity index (χ2v) is 9.69. The quantitative estimate of drug-likeness (QED) is 0.452. The van der Waals surface area contributed by atoms with Gasteiger partial charge in [-0.15, -0.1) is 0 Å². The first kappa shape index (κ1) is 12.1. The van der Waals surface area contributed by atoms with Gasteiger partial charge < -0.3 is 0 Å². The molecule has 2 rings (SSSR count). The summed E-state index contributed by atoms with van der Waals surface area (Å²) in [7, 11) is -1.65. The van der Waals surface area contributed by atoms with Gasteiger partial charge in [0.05, 0.1) is 8.07 Å². The Morgan fingerprint density at radius 2 is 1.94 bits per heavy atom. The van der Waals surface area contributed by atoms with Crippen LogP contribution in [0.3, 0.4) is 0 Å². The van der Waals surface area contributed by atoms with Gasteiger partial charge in [-0.1, -0.05) is 66.8 Å². The largest absolute Gasteiger partial charge is 0.298 e. The molecule has 1 aliphatic carbocycles. The number of rotatable bonds is 3. The molecule has 1 aromatic rings. The molecule has 0 fully saturated rings. The average molecular weight is 242 g/mol. The van der Waals surface area contributed by atoms with Crippen LogP contribution in [0.25, 0.3) is 0 Å². The molecule has 17 heavy (non-hydrogen) atoms. The van der Waals surface area contributed by atoms with Crippen molar-refractivity contribution in [3.05, 3.63) is 54.1 Å². The van der Waals surface area contributed by atoms with Crippen LogP contribution < -0.4 is 5.19 Å². The monoisotopic (exact) mass is 242 g/mol. The van der Waals surface area contributed by atoms with E-state index in [4.69, 9.17) is 0 Å². The molecular formula is C15H18OSi. The van der Waals surface area contributed by atoms with Crippen molar-refractivity contribution in [2.45, 2.75) is 25.1 Å². The van der Waals surface area contributed by atoms with E-state index in [2.05, 4.69) is 55.6 Å². The number of carbonyl (C=O) groups is 1. The lowest BCUT2D eigenvalue weighted by atomic mass is 10.1. The fourth-order valence-electron chi connectivity index (χ4n) is 2.48. The molecule has 0 radical (unpaired) electrons. The molecule has 0 spiro atoms. The Kier molecular flexibility index (Phi) is 3.43. The zero-order valence-electron chi connectivity index (χ0n) is 10.4. The van der Waals surface area contributed by atoms with Crippen LogP contribution in [-0.4, -0.2) is 14.4 Å². The lowest BCUT2D eigenvalue weighted by molar-refractivity contribution is -0.105. The summed E-state index contributed by atoms with van der Waals surface area (Å²) in [6, 6.07) is 10.6. The molecular weight excluding hydrogens is 224 g/mol. The van der Waals surface area contributed by atoms with Crippen LogP contribution in [0, 0.1) is 0 Å². The second-order valence-electron chi connectivity index (χ2n) is 5.05. The Morgan fingerprint density at radius 1 is 1.24 bits per heavy atom. The van der Waals surface area contributed by atoms with E-state index in [9.17, 15) is 4.79 Å². The van der Waals surface area contributed by atoms with Crippen molar-refractivity contribution < 1.29 is 4.79 Å². The van der Waals surface area contributed by atoms with Gasteiger partial charge >= 0.3 is 0 Å². The van der Waals surface area contributed by atoms with Crippen LogP contribution in [0.2, 0.25) is 18.6 Å². The Bertz CT molecular complexity index is 457. The van der Waals surface area contributed by atoms with Crippen LogP contribution in [0.15, 0.2) is 54.1 Å². The van der Waals surface area contributed by atoms with Crippen LogP contribution in [0.5, 0.6) is 0 Å². The van der Waals surface area contributed by atoms with Gasteiger partial charge in [-0.05, 0) is 12.0 Å². The molecule has 0 N–H and O–H groups in total. The first-order valence-corrected chi connectivity index (χ1v) is 9.11. The van der Waals surface area contributed by atoms with Crippen molar-refractivity contribution in [2.24, 2.45) is 0 Å². The summed E-state index contributed by atoms with van der Waals surface area (Å²) in [4.78, 5) is 11.2. The van der Waals surface area contributed by atoms with E-state index in [1.54, 1.807) is 0 Å². The number of hydrogen-bond donors (Lipinski definition) is 0. The summed E-state index contributed by atoms with van der Waals surface area (Å²) >= 11 is 0. The molecule has 0 heterocycles. The maximum absolute atomic E-state index is 11.2. The third-order valence-electron chi connectivity index (χ3n) is 3.61. The van der Waals surface area contributed by atoms with Crippen molar-refractivity contribution in [1.29, 1.82) is 0 Å². The maximum Gasteiger partial charge on any atom is 0.146 e. The van der Waals surface area contributed by atoms with Gasteiger partial charge in [0.1, 0.15) is 6.29 Å². The van der Waals surface area contributed by atoms with E-state index in [0.717, 1.165) is 18.3 Å². The fraction of sp³-hybridized carbons (Fsp3) is 0.267. The van der Waals surface area contributed by atoms with Gasteiger partial charge in [0, 0.05) is 5.54 Å². The van der Waals surface area contributed by atoms with Crippen molar-refractivity contribution in [2.75, 3.05) is 0 Å². The van der Waals surface area contributed by atoms with Crippen LogP contribution >= 0.6 is 0 Å². The van der Waals surface area contributed by atoms with Gasteiger partial charge in [0.15, 0.2) is 0 Å². The van der Waals surface area contributed by atoms with Gasteiger partial charge in [0.25, 0.3) is 0 Å². The molecule has 88 valence electrons. The molecule has 1 nitrogen and oxygen atoms in total. The van der Waals surface area contributed by atoms with Crippen molar-refractivity contribution >= 4 is 19.5 Å². The fourth-order valence-corrected chi connectivity index (χ4v) is 5.53. The molecule has 0 saturated carbocycles. The number of hydrogen-bond acceptors (Lipinski definition) is 1. The van der Waals surface area contributed by atoms with Crippen molar-refractivity contribution in [3.8, 4) is 0 Å². The van der Waals surface area contributed by atoms with Crippen LogP contribution in [0.4, 0.5) is 0 Å². The van der Waals surface area contributed by atoms with Gasteiger partial charge in [0.2, 0.25) is 0 Å². The molecule has 0 saturated heterocycles. The molecule has 0 bridgehead atoms. The highest BCUT2D eigenvalue weighted by Crippen LogP contribution is 2.32. The Hall–Kier alpha value is -1.41. The van der Waals surface area contributed by atoms with E-state index in [1.807, 2.05) is 6.07 Å². The van der Waals surface area contributed by atoms with Crippen LogP contribution in [0.1, 0.15) is 6.42 Å². The number of aldehydes is 1. The molecule has 1 atom stereocenters.